The molecule has 0 spiro atoms. The fourth-order valence-electron chi connectivity index (χ4n) is 4.21. The predicted molar refractivity (Wildman–Crippen MR) is 88.1 cm³/mol. The van der Waals surface area contributed by atoms with Crippen LogP contribution in [0.5, 0.6) is 0 Å². The van der Waals surface area contributed by atoms with E-state index in [1.165, 1.54) is 14.0 Å². The molecular formula is C17H26O11. The van der Waals surface area contributed by atoms with Crippen LogP contribution in [0.15, 0.2) is 11.8 Å². The van der Waals surface area contributed by atoms with Crippen LogP contribution in [-0.4, -0.2) is 99.0 Å². The standard InChI is InChI=1S/C17H26O11/c1-17(24)3-7(19)9-6(14(23)25-2)5-26-15(10(9)17)28-16-13(22)12(21)11(20)8(4-18)27-16/h5,7-13,15-16,18-22,24H,3-4H2,1-2H3/t7-,8+,9-,10-,11+,12-,13+,15+,16-,17+/m1/s1. The zero-order valence-electron chi connectivity index (χ0n) is 15.4. The molecule has 6 N–H and O–H groups in total. The van der Waals surface area contributed by atoms with E-state index >= 15 is 0 Å². The molecule has 1 aliphatic carbocycles. The number of methoxy groups -OCH3 is 1. The SMILES string of the molecule is COC(=O)C1=CO[C@@H](O[C@H]2O[C@@H](CO)[C@H](O)[C@@H](O)[C@@H]2O)[C@H]2[C@H]1[C@H](O)C[C@]2(C)O. The van der Waals surface area contributed by atoms with Crippen LogP contribution in [0.25, 0.3) is 0 Å². The van der Waals surface area contributed by atoms with Crippen molar-refractivity contribution in [1.82, 2.24) is 0 Å². The van der Waals surface area contributed by atoms with Crippen LogP contribution in [0.3, 0.4) is 0 Å². The summed E-state index contributed by atoms with van der Waals surface area (Å²) in [4.78, 5) is 12.0. The van der Waals surface area contributed by atoms with Crippen molar-refractivity contribution in [1.29, 1.82) is 0 Å². The van der Waals surface area contributed by atoms with Gasteiger partial charge in [0.1, 0.15) is 24.4 Å². The summed E-state index contributed by atoms with van der Waals surface area (Å²) in [6, 6.07) is 0. The van der Waals surface area contributed by atoms with Crippen LogP contribution in [0.2, 0.25) is 0 Å². The summed E-state index contributed by atoms with van der Waals surface area (Å²) in [5, 5.41) is 60.4. The Kier molecular flexibility index (Phi) is 5.99. The normalized spacial score (nSPS) is 48.4. The van der Waals surface area contributed by atoms with Gasteiger partial charge in [0.2, 0.25) is 6.29 Å². The molecule has 2 fully saturated rings. The van der Waals surface area contributed by atoms with Crippen LogP contribution in [0.4, 0.5) is 0 Å². The Balaban J connectivity index is 1.86. The van der Waals surface area contributed by atoms with Crippen molar-refractivity contribution in [2.45, 2.75) is 62.0 Å². The molecule has 3 rings (SSSR count). The van der Waals surface area contributed by atoms with Crippen molar-refractivity contribution in [3.8, 4) is 0 Å². The summed E-state index contributed by atoms with van der Waals surface area (Å²) >= 11 is 0. The number of rotatable bonds is 4. The number of ether oxygens (including phenoxy) is 4. The molecule has 2 heterocycles. The molecular weight excluding hydrogens is 380 g/mol. The van der Waals surface area contributed by atoms with Gasteiger partial charge < -0.3 is 49.6 Å². The fraction of sp³-hybridized carbons (Fsp3) is 0.824. The summed E-state index contributed by atoms with van der Waals surface area (Å²) in [6.07, 6.45) is -8.88. The Labute approximate surface area is 160 Å². The lowest BCUT2D eigenvalue weighted by Gasteiger charge is -2.44. The molecule has 2 aliphatic heterocycles. The molecule has 0 aromatic carbocycles. The van der Waals surface area contributed by atoms with Crippen molar-refractivity contribution >= 4 is 5.97 Å². The van der Waals surface area contributed by atoms with Gasteiger partial charge in [-0.15, -0.1) is 0 Å². The summed E-state index contributed by atoms with van der Waals surface area (Å²) in [6.45, 7) is 0.819. The molecule has 0 bridgehead atoms. The number of carbonyl (C=O) groups is 1. The molecule has 11 nitrogen and oxygen atoms in total. The van der Waals surface area contributed by atoms with E-state index in [1.54, 1.807) is 0 Å². The van der Waals surface area contributed by atoms with Crippen molar-refractivity contribution in [3.05, 3.63) is 11.8 Å². The first-order valence-corrected chi connectivity index (χ1v) is 8.92. The minimum atomic E-state index is -1.66. The molecule has 0 aromatic heterocycles. The summed E-state index contributed by atoms with van der Waals surface area (Å²) < 4.78 is 21.1. The van der Waals surface area contributed by atoms with Crippen LogP contribution >= 0.6 is 0 Å². The third-order valence-electron chi connectivity index (χ3n) is 5.66. The van der Waals surface area contributed by atoms with Gasteiger partial charge in [0, 0.05) is 12.3 Å². The number of aliphatic hydroxyl groups excluding tert-OH is 5. The van der Waals surface area contributed by atoms with E-state index in [2.05, 4.69) is 0 Å². The lowest BCUT2D eigenvalue weighted by molar-refractivity contribution is -0.346. The minimum Gasteiger partial charge on any atom is -0.471 e. The number of hydrogen-bond acceptors (Lipinski definition) is 11. The van der Waals surface area contributed by atoms with Crippen molar-refractivity contribution in [2.24, 2.45) is 11.8 Å². The number of aliphatic hydroxyl groups is 6. The van der Waals surface area contributed by atoms with Gasteiger partial charge >= 0.3 is 5.97 Å². The highest BCUT2D eigenvalue weighted by Gasteiger charge is 2.59. The first-order valence-electron chi connectivity index (χ1n) is 8.92. The van der Waals surface area contributed by atoms with Crippen molar-refractivity contribution < 1.29 is 54.4 Å². The fourth-order valence-corrected chi connectivity index (χ4v) is 4.21. The van der Waals surface area contributed by atoms with E-state index in [1.807, 2.05) is 0 Å². The quantitative estimate of drug-likeness (QED) is 0.262. The largest absolute Gasteiger partial charge is 0.471 e. The van der Waals surface area contributed by atoms with Crippen molar-refractivity contribution in [3.63, 3.8) is 0 Å². The van der Waals surface area contributed by atoms with E-state index in [4.69, 9.17) is 18.9 Å². The van der Waals surface area contributed by atoms with Crippen LogP contribution in [0, 0.1) is 11.8 Å². The summed E-state index contributed by atoms with van der Waals surface area (Å²) in [5.74, 6) is -2.50. The predicted octanol–water partition coefficient (Wildman–Crippen LogP) is -3.04. The monoisotopic (exact) mass is 406 g/mol. The number of carbonyl (C=O) groups excluding carboxylic acids is 1. The van der Waals surface area contributed by atoms with E-state index < -0.39 is 73.1 Å². The smallest absolute Gasteiger partial charge is 0.337 e. The minimum absolute atomic E-state index is 0.0337. The van der Waals surface area contributed by atoms with Gasteiger partial charge in [-0.05, 0) is 6.92 Å². The molecule has 0 radical (unpaired) electrons. The van der Waals surface area contributed by atoms with E-state index in [9.17, 15) is 35.4 Å². The lowest BCUT2D eigenvalue weighted by Crippen LogP contribution is -2.60. The molecule has 28 heavy (non-hydrogen) atoms. The highest BCUT2D eigenvalue weighted by atomic mass is 16.8. The van der Waals surface area contributed by atoms with E-state index in [-0.39, 0.29) is 12.0 Å². The van der Waals surface area contributed by atoms with Gasteiger partial charge in [-0.1, -0.05) is 0 Å². The second-order valence-electron chi connectivity index (χ2n) is 7.58. The molecule has 1 saturated heterocycles. The van der Waals surface area contributed by atoms with Gasteiger partial charge in [0.05, 0.1) is 43.2 Å². The third kappa shape index (κ3) is 3.53. The molecule has 0 unspecified atom stereocenters. The Morgan fingerprint density at radius 1 is 1.21 bits per heavy atom. The average Bonchev–Trinajstić information content (AvgIpc) is 2.91. The molecule has 10 atom stereocenters. The number of esters is 1. The highest BCUT2D eigenvalue weighted by molar-refractivity contribution is 5.89. The van der Waals surface area contributed by atoms with E-state index in [0.29, 0.717) is 0 Å². The van der Waals surface area contributed by atoms with E-state index in [0.717, 1.165) is 6.26 Å². The molecule has 11 heteroatoms. The lowest BCUT2D eigenvalue weighted by atomic mass is 9.80. The first-order chi connectivity index (χ1) is 13.1. The van der Waals surface area contributed by atoms with Crippen LogP contribution < -0.4 is 0 Å². The maximum absolute atomic E-state index is 12.0. The Hall–Kier alpha value is -1.31. The van der Waals surface area contributed by atoms with Gasteiger partial charge in [-0.2, -0.15) is 0 Å². The number of fused-ring (bicyclic) bond motifs is 1. The molecule has 3 aliphatic rings. The molecule has 160 valence electrons. The Bertz CT molecular complexity index is 618. The van der Waals surface area contributed by atoms with Gasteiger partial charge in [0.15, 0.2) is 6.29 Å². The van der Waals surface area contributed by atoms with Crippen molar-refractivity contribution in [2.75, 3.05) is 13.7 Å². The Morgan fingerprint density at radius 3 is 2.50 bits per heavy atom. The zero-order chi connectivity index (χ0) is 20.8. The molecule has 1 saturated carbocycles. The maximum Gasteiger partial charge on any atom is 0.337 e. The summed E-state index contributed by atoms with van der Waals surface area (Å²) in [7, 11) is 1.17. The second-order valence-corrected chi connectivity index (χ2v) is 7.58. The van der Waals surface area contributed by atoms with Crippen LogP contribution in [-0.2, 0) is 23.7 Å². The average molecular weight is 406 g/mol. The molecule has 0 amide bonds. The molecule has 0 aromatic rings. The van der Waals surface area contributed by atoms with Gasteiger partial charge in [0.25, 0.3) is 0 Å². The van der Waals surface area contributed by atoms with Gasteiger partial charge in [-0.25, -0.2) is 4.79 Å². The first kappa shape index (κ1) is 21.4. The zero-order valence-corrected chi connectivity index (χ0v) is 15.4. The second kappa shape index (κ2) is 7.84. The highest BCUT2D eigenvalue weighted by Crippen LogP contribution is 2.49. The van der Waals surface area contributed by atoms with Gasteiger partial charge in [-0.3, -0.25) is 0 Å². The Morgan fingerprint density at radius 2 is 1.89 bits per heavy atom. The third-order valence-corrected chi connectivity index (χ3v) is 5.66. The number of hydrogen-bond donors (Lipinski definition) is 6. The van der Waals surface area contributed by atoms with Crippen LogP contribution in [0.1, 0.15) is 13.3 Å². The maximum atomic E-state index is 12.0. The topological polar surface area (TPSA) is 175 Å². The summed E-state index contributed by atoms with van der Waals surface area (Å²) in [5.41, 5.74) is -1.46.